The van der Waals surface area contributed by atoms with E-state index in [9.17, 15) is 4.39 Å². The Balaban J connectivity index is 1.85. The zero-order valence-electron chi connectivity index (χ0n) is 14.3. The zero-order valence-corrected chi connectivity index (χ0v) is 14.3. The molecule has 0 bridgehead atoms. The second kappa shape index (κ2) is 7.21. The van der Waals surface area contributed by atoms with Gasteiger partial charge in [-0.3, -0.25) is 4.68 Å². The van der Waals surface area contributed by atoms with E-state index in [-0.39, 0.29) is 5.82 Å². The molecule has 0 saturated heterocycles. The molecule has 0 aliphatic rings. The van der Waals surface area contributed by atoms with Crippen molar-refractivity contribution in [3.63, 3.8) is 0 Å². The number of nitrogens with one attached hydrogen (secondary N) is 1. The molecule has 0 spiro atoms. The van der Waals surface area contributed by atoms with Crippen LogP contribution in [0.5, 0.6) is 17.2 Å². The molecule has 0 fully saturated rings. The number of aryl methyl sites for hydroxylation is 2. The molecular weight excluding hydrogens is 323 g/mol. The average Bonchev–Trinajstić information content (AvgIpc) is 3.01. The third-order valence-electron chi connectivity index (χ3n) is 3.72. The monoisotopic (exact) mass is 342 g/mol. The van der Waals surface area contributed by atoms with Gasteiger partial charge in [-0.15, -0.1) is 0 Å². The van der Waals surface area contributed by atoms with Crippen LogP contribution < -0.4 is 14.8 Å². The fraction of sp³-hybridized carbons (Fsp3) is 0.222. The summed E-state index contributed by atoms with van der Waals surface area (Å²) in [5, 5.41) is 7.15. The molecule has 25 heavy (non-hydrogen) atoms. The number of rotatable bonds is 6. The summed E-state index contributed by atoms with van der Waals surface area (Å²) in [6.45, 7) is 2.36. The fourth-order valence-corrected chi connectivity index (χ4v) is 2.36. The van der Waals surface area contributed by atoms with Gasteiger partial charge in [-0.25, -0.2) is 9.37 Å². The highest BCUT2D eigenvalue weighted by Gasteiger charge is 2.11. The maximum atomic E-state index is 13.7. The van der Waals surface area contributed by atoms with Crippen LogP contribution in [0.2, 0.25) is 0 Å². The molecule has 2 aromatic carbocycles. The Morgan fingerprint density at radius 1 is 1.12 bits per heavy atom. The van der Waals surface area contributed by atoms with E-state index in [4.69, 9.17) is 9.47 Å². The number of hydrogen-bond donors (Lipinski definition) is 1. The van der Waals surface area contributed by atoms with Gasteiger partial charge in [-0.05, 0) is 36.8 Å². The summed E-state index contributed by atoms with van der Waals surface area (Å²) in [6, 6.07) is 9.94. The quantitative estimate of drug-likeness (QED) is 0.740. The first kappa shape index (κ1) is 16.8. The first-order chi connectivity index (χ1) is 12.1. The minimum absolute atomic E-state index is 0.358. The van der Waals surface area contributed by atoms with E-state index in [1.807, 2.05) is 25.1 Å². The Labute approximate surface area is 145 Å². The van der Waals surface area contributed by atoms with Gasteiger partial charge >= 0.3 is 0 Å². The van der Waals surface area contributed by atoms with Crippen LogP contribution in [0.3, 0.4) is 0 Å². The van der Waals surface area contributed by atoms with Crippen LogP contribution in [0.25, 0.3) is 0 Å². The number of aromatic nitrogens is 3. The molecule has 1 N–H and O–H groups in total. The number of halogens is 1. The molecule has 0 aliphatic heterocycles. The van der Waals surface area contributed by atoms with Gasteiger partial charge in [0.15, 0.2) is 17.2 Å². The fourth-order valence-electron chi connectivity index (χ4n) is 2.36. The van der Waals surface area contributed by atoms with Crippen LogP contribution in [-0.4, -0.2) is 21.9 Å². The van der Waals surface area contributed by atoms with Crippen LogP contribution in [0.1, 0.15) is 11.4 Å². The lowest BCUT2D eigenvalue weighted by Gasteiger charge is -2.15. The minimum Gasteiger partial charge on any atom is -0.493 e. The Hall–Kier alpha value is -3.09. The SMILES string of the molecule is COc1cc(C)ccc1Oc1ccc(F)cc1NCc1ncnn1C. The number of anilines is 1. The molecule has 0 amide bonds. The van der Waals surface area contributed by atoms with E-state index in [0.717, 1.165) is 11.4 Å². The topological polar surface area (TPSA) is 61.2 Å². The Kier molecular flexibility index (Phi) is 4.83. The van der Waals surface area contributed by atoms with E-state index in [1.165, 1.54) is 18.5 Å². The molecule has 0 radical (unpaired) electrons. The van der Waals surface area contributed by atoms with E-state index >= 15 is 0 Å². The molecule has 0 saturated carbocycles. The number of nitrogens with zero attached hydrogens (tertiary/aromatic N) is 3. The summed E-state index contributed by atoms with van der Waals surface area (Å²) in [5.74, 6) is 2.03. The van der Waals surface area contributed by atoms with Gasteiger partial charge in [0.25, 0.3) is 0 Å². The molecule has 3 aromatic rings. The van der Waals surface area contributed by atoms with Crippen molar-refractivity contribution in [2.45, 2.75) is 13.5 Å². The van der Waals surface area contributed by atoms with E-state index in [1.54, 1.807) is 24.9 Å². The average molecular weight is 342 g/mol. The van der Waals surface area contributed by atoms with Crippen molar-refractivity contribution in [2.75, 3.05) is 12.4 Å². The molecule has 0 unspecified atom stereocenters. The number of methoxy groups -OCH3 is 1. The van der Waals surface area contributed by atoms with E-state index in [0.29, 0.717) is 29.5 Å². The van der Waals surface area contributed by atoms with Crippen molar-refractivity contribution in [1.29, 1.82) is 0 Å². The number of ether oxygens (including phenoxy) is 2. The molecule has 1 aromatic heterocycles. The van der Waals surface area contributed by atoms with E-state index < -0.39 is 0 Å². The summed E-state index contributed by atoms with van der Waals surface area (Å²) in [6.07, 6.45) is 1.47. The van der Waals surface area contributed by atoms with Crippen LogP contribution in [0, 0.1) is 12.7 Å². The summed E-state index contributed by atoms with van der Waals surface area (Å²) >= 11 is 0. The predicted octanol–water partition coefficient (Wildman–Crippen LogP) is 3.68. The normalized spacial score (nSPS) is 10.6. The van der Waals surface area contributed by atoms with Crippen molar-refractivity contribution in [3.8, 4) is 17.2 Å². The molecule has 7 heteroatoms. The van der Waals surface area contributed by atoms with E-state index in [2.05, 4.69) is 15.4 Å². The number of hydrogen-bond acceptors (Lipinski definition) is 5. The maximum Gasteiger partial charge on any atom is 0.169 e. The Morgan fingerprint density at radius 3 is 2.64 bits per heavy atom. The lowest BCUT2D eigenvalue weighted by Crippen LogP contribution is -2.07. The minimum atomic E-state index is -0.358. The molecule has 3 rings (SSSR count). The zero-order chi connectivity index (χ0) is 17.8. The van der Waals surface area contributed by atoms with Crippen molar-refractivity contribution < 1.29 is 13.9 Å². The molecule has 0 atom stereocenters. The Bertz CT molecular complexity index is 879. The van der Waals surface area contributed by atoms with Crippen molar-refractivity contribution in [3.05, 3.63) is 59.9 Å². The summed E-state index contributed by atoms with van der Waals surface area (Å²) in [5.41, 5.74) is 1.58. The molecular formula is C18H19FN4O2. The summed E-state index contributed by atoms with van der Waals surface area (Å²) < 4.78 is 26.6. The van der Waals surface area contributed by atoms with Crippen molar-refractivity contribution in [1.82, 2.24) is 14.8 Å². The first-order valence-corrected chi connectivity index (χ1v) is 7.75. The highest BCUT2D eigenvalue weighted by Crippen LogP contribution is 2.36. The van der Waals surface area contributed by atoms with Crippen LogP contribution in [-0.2, 0) is 13.6 Å². The van der Waals surface area contributed by atoms with Gasteiger partial charge in [0.1, 0.15) is 18.0 Å². The third kappa shape index (κ3) is 3.88. The standard InChI is InChI=1S/C18H19FN4O2/c1-12-4-6-16(17(8-12)24-3)25-15-7-5-13(19)9-14(15)20-10-18-21-11-22-23(18)2/h4-9,11,20H,10H2,1-3H3. The second-order valence-electron chi connectivity index (χ2n) is 5.55. The van der Waals surface area contributed by atoms with Gasteiger partial charge in [0.2, 0.25) is 0 Å². The predicted molar refractivity (Wildman–Crippen MR) is 92.5 cm³/mol. The van der Waals surface area contributed by atoms with Crippen LogP contribution >= 0.6 is 0 Å². The van der Waals surface area contributed by atoms with Crippen LogP contribution in [0.4, 0.5) is 10.1 Å². The highest BCUT2D eigenvalue weighted by atomic mass is 19.1. The molecule has 1 heterocycles. The lowest BCUT2D eigenvalue weighted by atomic mass is 10.2. The van der Waals surface area contributed by atoms with Gasteiger partial charge in [0, 0.05) is 13.1 Å². The third-order valence-corrected chi connectivity index (χ3v) is 3.72. The number of benzene rings is 2. The highest BCUT2D eigenvalue weighted by molar-refractivity contribution is 5.59. The van der Waals surface area contributed by atoms with Crippen molar-refractivity contribution >= 4 is 5.69 Å². The van der Waals surface area contributed by atoms with Gasteiger partial charge < -0.3 is 14.8 Å². The second-order valence-corrected chi connectivity index (χ2v) is 5.55. The smallest absolute Gasteiger partial charge is 0.169 e. The molecule has 0 aliphatic carbocycles. The largest absolute Gasteiger partial charge is 0.493 e. The first-order valence-electron chi connectivity index (χ1n) is 7.75. The Morgan fingerprint density at radius 2 is 1.92 bits per heavy atom. The summed E-state index contributed by atoms with van der Waals surface area (Å²) in [4.78, 5) is 4.14. The molecule has 6 nitrogen and oxygen atoms in total. The van der Waals surface area contributed by atoms with Gasteiger partial charge in [-0.2, -0.15) is 5.10 Å². The summed E-state index contributed by atoms with van der Waals surface area (Å²) in [7, 11) is 3.38. The van der Waals surface area contributed by atoms with Crippen LogP contribution in [0.15, 0.2) is 42.7 Å². The van der Waals surface area contributed by atoms with Gasteiger partial charge in [-0.1, -0.05) is 6.07 Å². The molecule has 130 valence electrons. The van der Waals surface area contributed by atoms with Crippen molar-refractivity contribution in [2.24, 2.45) is 7.05 Å². The lowest BCUT2D eigenvalue weighted by molar-refractivity contribution is 0.379. The van der Waals surface area contributed by atoms with Gasteiger partial charge in [0.05, 0.1) is 19.3 Å². The maximum absolute atomic E-state index is 13.7.